The molecule has 26 heavy (non-hydrogen) atoms. The highest BCUT2D eigenvalue weighted by atomic mass is 35.5. The number of aromatic nitrogens is 1. The summed E-state index contributed by atoms with van der Waals surface area (Å²) in [6.45, 7) is 2.06. The molecule has 134 valence electrons. The van der Waals surface area contributed by atoms with Gasteiger partial charge in [-0.2, -0.15) is 0 Å². The number of nitrogens with zero attached hydrogens (tertiary/aromatic N) is 1. The topological polar surface area (TPSA) is 51.2 Å². The van der Waals surface area contributed by atoms with Crippen molar-refractivity contribution in [2.45, 2.75) is 18.4 Å². The Morgan fingerprint density at radius 3 is 2.73 bits per heavy atom. The third kappa shape index (κ3) is 4.48. The lowest BCUT2D eigenvalue weighted by molar-refractivity contribution is -0.115. The lowest BCUT2D eigenvalue weighted by Gasteiger charge is -2.09. The molecule has 0 bridgehead atoms. The molecule has 2 aromatic carbocycles. The number of halogens is 1. The Kier molecular flexibility index (Phi) is 6.01. The van der Waals surface area contributed by atoms with E-state index in [0.717, 1.165) is 32.9 Å². The zero-order chi connectivity index (χ0) is 18.5. The van der Waals surface area contributed by atoms with E-state index in [1.54, 1.807) is 43.1 Å². The van der Waals surface area contributed by atoms with Crippen molar-refractivity contribution in [2.75, 3.05) is 18.2 Å². The van der Waals surface area contributed by atoms with Gasteiger partial charge in [-0.15, -0.1) is 11.8 Å². The van der Waals surface area contributed by atoms with Gasteiger partial charge < -0.3 is 10.1 Å². The van der Waals surface area contributed by atoms with E-state index in [0.29, 0.717) is 17.2 Å². The molecule has 0 aliphatic carbocycles. The van der Waals surface area contributed by atoms with E-state index in [1.165, 1.54) is 0 Å². The second-order valence-electron chi connectivity index (χ2n) is 5.79. The Balaban J connectivity index is 1.62. The van der Waals surface area contributed by atoms with Crippen LogP contribution in [-0.4, -0.2) is 23.8 Å². The lowest BCUT2D eigenvalue weighted by atomic mass is 10.1. The molecule has 0 fully saturated rings. The van der Waals surface area contributed by atoms with Crippen LogP contribution in [0.2, 0.25) is 5.02 Å². The van der Waals surface area contributed by atoms with Crippen LogP contribution in [0.15, 0.2) is 53.6 Å². The van der Waals surface area contributed by atoms with Crippen LogP contribution in [0.3, 0.4) is 0 Å². The normalized spacial score (nSPS) is 10.7. The molecule has 0 radical (unpaired) electrons. The smallest absolute Gasteiger partial charge is 0.225 e. The SMILES string of the molecule is COc1cccc2c(C)cc(SCCC(=O)Nc3ccc(Cl)cc3)nc12. The molecule has 1 amide bonds. The van der Waals surface area contributed by atoms with Crippen LogP contribution in [0.1, 0.15) is 12.0 Å². The first-order chi connectivity index (χ1) is 12.6. The number of hydrogen-bond acceptors (Lipinski definition) is 4. The number of anilines is 1. The summed E-state index contributed by atoms with van der Waals surface area (Å²) in [6, 6.07) is 15.0. The van der Waals surface area contributed by atoms with E-state index in [-0.39, 0.29) is 5.91 Å². The minimum absolute atomic E-state index is 0.0325. The molecule has 1 heterocycles. The molecule has 0 saturated heterocycles. The van der Waals surface area contributed by atoms with Crippen molar-refractivity contribution in [3.8, 4) is 5.75 Å². The van der Waals surface area contributed by atoms with Gasteiger partial charge in [-0.05, 0) is 48.9 Å². The maximum absolute atomic E-state index is 12.1. The molecule has 3 aromatic rings. The molecule has 0 spiro atoms. The quantitative estimate of drug-likeness (QED) is 0.582. The monoisotopic (exact) mass is 386 g/mol. The molecule has 1 aromatic heterocycles. The van der Waals surface area contributed by atoms with Crippen molar-refractivity contribution in [1.82, 2.24) is 4.98 Å². The van der Waals surface area contributed by atoms with E-state index < -0.39 is 0 Å². The number of carbonyl (C=O) groups excluding carboxylic acids is 1. The van der Waals surface area contributed by atoms with Crippen molar-refractivity contribution < 1.29 is 9.53 Å². The minimum atomic E-state index is -0.0325. The number of pyridine rings is 1. The number of aryl methyl sites for hydroxylation is 1. The third-order valence-electron chi connectivity index (χ3n) is 3.91. The van der Waals surface area contributed by atoms with Crippen LogP contribution < -0.4 is 10.1 Å². The molecule has 0 aliphatic heterocycles. The van der Waals surface area contributed by atoms with E-state index in [2.05, 4.69) is 17.2 Å². The summed E-state index contributed by atoms with van der Waals surface area (Å²) in [5.41, 5.74) is 2.74. The number of nitrogens with one attached hydrogen (secondary N) is 1. The molecule has 3 rings (SSSR count). The van der Waals surface area contributed by atoms with Crippen molar-refractivity contribution >= 4 is 45.9 Å². The van der Waals surface area contributed by atoms with Crippen LogP contribution in [-0.2, 0) is 4.79 Å². The van der Waals surface area contributed by atoms with E-state index >= 15 is 0 Å². The van der Waals surface area contributed by atoms with Crippen LogP contribution >= 0.6 is 23.4 Å². The molecule has 0 atom stereocenters. The molecule has 0 aliphatic rings. The summed E-state index contributed by atoms with van der Waals surface area (Å²) < 4.78 is 5.41. The van der Waals surface area contributed by atoms with Gasteiger partial charge in [0.05, 0.1) is 12.1 Å². The first kappa shape index (κ1) is 18.5. The van der Waals surface area contributed by atoms with Gasteiger partial charge in [0.2, 0.25) is 5.91 Å². The number of carbonyl (C=O) groups is 1. The van der Waals surface area contributed by atoms with Gasteiger partial charge in [-0.3, -0.25) is 4.79 Å². The Bertz CT molecular complexity index is 929. The number of amides is 1. The second-order valence-corrected chi connectivity index (χ2v) is 7.34. The standard InChI is InChI=1S/C20H19ClN2O2S/c1-13-12-19(23-20-16(13)4-3-5-17(20)25-2)26-11-10-18(24)22-15-8-6-14(21)7-9-15/h3-9,12H,10-11H2,1-2H3,(H,22,24). The largest absolute Gasteiger partial charge is 0.494 e. The number of hydrogen-bond donors (Lipinski definition) is 1. The molecule has 6 heteroatoms. The van der Waals surface area contributed by atoms with E-state index in [1.807, 2.05) is 24.3 Å². The van der Waals surface area contributed by atoms with Gasteiger partial charge in [0.15, 0.2) is 0 Å². The lowest BCUT2D eigenvalue weighted by Crippen LogP contribution is -2.12. The van der Waals surface area contributed by atoms with Crippen molar-refractivity contribution in [2.24, 2.45) is 0 Å². The van der Waals surface area contributed by atoms with Gasteiger partial charge >= 0.3 is 0 Å². The van der Waals surface area contributed by atoms with Crippen molar-refractivity contribution in [3.63, 3.8) is 0 Å². The third-order valence-corrected chi connectivity index (χ3v) is 5.08. The van der Waals surface area contributed by atoms with Crippen LogP contribution in [0.5, 0.6) is 5.75 Å². The maximum Gasteiger partial charge on any atom is 0.225 e. The molecule has 1 N–H and O–H groups in total. The highest BCUT2D eigenvalue weighted by Gasteiger charge is 2.09. The van der Waals surface area contributed by atoms with E-state index in [4.69, 9.17) is 16.3 Å². The molecule has 4 nitrogen and oxygen atoms in total. The number of benzene rings is 2. The zero-order valence-electron chi connectivity index (χ0n) is 14.6. The average molecular weight is 387 g/mol. The summed E-state index contributed by atoms with van der Waals surface area (Å²) in [5, 5.41) is 5.47. The fourth-order valence-corrected chi connectivity index (χ4v) is 3.64. The molecule has 0 saturated carbocycles. The first-order valence-electron chi connectivity index (χ1n) is 8.19. The van der Waals surface area contributed by atoms with E-state index in [9.17, 15) is 4.79 Å². The minimum Gasteiger partial charge on any atom is -0.494 e. The first-order valence-corrected chi connectivity index (χ1v) is 9.56. The van der Waals surface area contributed by atoms with Gasteiger partial charge in [0.25, 0.3) is 0 Å². The zero-order valence-corrected chi connectivity index (χ0v) is 16.2. The average Bonchev–Trinajstić information content (AvgIpc) is 2.63. The van der Waals surface area contributed by atoms with Crippen LogP contribution in [0.4, 0.5) is 5.69 Å². The van der Waals surface area contributed by atoms with Crippen LogP contribution in [0.25, 0.3) is 10.9 Å². The molecular weight excluding hydrogens is 368 g/mol. The molecular formula is C20H19ClN2O2S. The Morgan fingerprint density at radius 2 is 2.00 bits per heavy atom. The highest BCUT2D eigenvalue weighted by molar-refractivity contribution is 7.99. The summed E-state index contributed by atoms with van der Waals surface area (Å²) in [7, 11) is 1.65. The Morgan fingerprint density at radius 1 is 1.23 bits per heavy atom. The Labute approximate surface area is 161 Å². The summed E-state index contributed by atoms with van der Waals surface area (Å²) in [4.78, 5) is 16.8. The maximum atomic E-state index is 12.1. The number of methoxy groups -OCH3 is 1. The Hall–Kier alpha value is -2.24. The number of para-hydroxylation sites is 1. The molecule has 0 unspecified atom stereocenters. The predicted molar refractivity (Wildman–Crippen MR) is 108 cm³/mol. The van der Waals surface area contributed by atoms with Crippen LogP contribution in [0, 0.1) is 6.92 Å². The summed E-state index contributed by atoms with van der Waals surface area (Å²) >= 11 is 7.40. The number of ether oxygens (including phenoxy) is 1. The highest BCUT2D eigenvalue weighted by Crippen LogP contribution is 2.29. The predicted octanol–water partition coefficient (Wildman–Crippen LogP) is 5.33. The van der Waals surface area contributed by atoms with Gasteiger partial charge in [-0.1, -0.05) is 23.7 Å². The fourth-order valence-electron chi connectivity index (χ4n) is 2.60. The fraction of sp³-hybridized carbons (Fsp3) is 0.200. The van der Waals surface area contributed by atoms with Crippen molar-refractivity contribution in [1.29, 1.82) is 0 Å². The number of fused-ring (bicyclic) bond motifs is 1. The second kappa shape index (κ2) is 8.43. The van der Waals surface area contributed by atoms with Gasteiger partial charge in [0, 0.05) is 28.3 Å². The van der Waals surface area contributed by atoms with Gasteiger partial charge in [-0.25, -0.2) is 4.98 Å². The van der Waals surface area contributed by atoms with Crippen molar-refractivity contribution in [3.05, 3.63) is 59.1 Å². The summed E-state index contributed by atoms with van der Waals surface area (Å²) in [5.74, 6) is 1.37. The van der Waals surface area contributed by atoms with Gasteiger partial charge in [0.1, 0.15) is 11.3 Å². The summed E-state index contributed by atoms with van der Waals surface area (Å²) in [6.07, 6.45) is 0.401. The number of rotatable bonds is 6. The number of thioether (sulfide) groups is 1.